The third kappa shape index (κ3) is 3.62. The second-order valence-electron chi connectivity index (χ2n) is 10.1. The van der Waals surface area contributed by atoms with E-state index in [0.29, 0.717) is 23.3 Å². The van der Waals surface area contributed by atoms with Gasteiger partial charge >= 0.3 is 17.1 Å². The van der Waals surface area contributed by atoms with Gasteiger partial charge in [0.15, 0.2) is 17.8 Å². The summed E-state index contributed by atoms with van der Waals surface area (Å²) in [6.45, 7) is 0. The molecule has 5 aromatic carbocycles. The SMILES string of the molecule is [Cu+2].c1ccc2c(c1)C1=N/C2=N\C2[N-]C(=NC3=NC(/N=c4\[cH-]c(c5ccccc45)=N1)c1ccccc13)c1ccccc12. The van der Waals surface area contributed by atoms with Crippen LogP contribution in [0.1, 0.15) is 45.7 Å². The second kappa shape index (κ2) is 9.06. The van der Waals surface area contributed by atoms with Gasteiger partial charge in [-0.2, -0.15) is 0 Å². The maximum absolute atomic E-state index is 5.15. The number of hydrogen-bond donors (Lipinski definition) is 0. The van der Waals surface area contributed by atoms with E-state index in [1.54, 1.807) is 0 Å². The molecule has 9 rings (SSSR count). The molecule has 0 N–H and O–H groups in total. The Morgan fingerprint density at radius 3 is 1.93 bits per heavy atom. The zero-order valence-electron chi connectivity index (χ0n) is 21.4. The number of amidine groups is 4. The monoisotopic (exact) mass is 576 g/mol. The van der Waals surface area contributed by atoms with Gasteiger partial charge in [-0.15, -0.1) is 29.0 Å². The molecule has 0 amide bonds. The van der Waals surface area contributed by atoms with Crippen molar-refractivity contribution in [2.24, 2.45) is 30.0 Å². The first-order chi connectivity index (χ1) is 19.8. The molecule has 1 radical (unpaired) electrons. The predicted octanol–water partition coefficient (Wildman–Crippen LogP) is 5.31. The summed E-state index contributed by atoms with van der Waals surface area (Å²) in [7, 11) is 0. The van der Waals surface area contributed by atoms with Crippen molar-refractivity contribution in [3.63, 3.8) is 0 Å². The van der Waals surface area contributed by atoms with Gasteiger partial charge in [0.05, 0.1) is 12.0 Å². The summed E-state index contributed by atoms with van der Waals surface area (Å²) in [6.07, 6.45) is -0.873. The topological polar surface area (TPSA) is 88.3 Å². The Bertz CT molecular complexity index is 2170. The van der Waals surface area contributed by atoms with E-state index in [1.165, 1.54) is 0 Å². The Balaban J connectivity index is 0.00000256. The van der Waals surface area contributed by atoms with Crippen LogP contribution in [0, 0.1) is 0 Å². The number of aliphatic imine (C=N–C) groups is 4. The molecule has 2 unspecified atom stereocenters. The summed E-state index contributed by atoms with van der Waals surface area (Å²) >= 11 is 0. The van der Waals surface area contributed by atoms with Gasteiger partial charge in [-0.25, -0.2) is 4.99 Å². The van der Waals surface area contributed by atoms with E-state index in [-0.39, 0.29) is 17.1 Å². The molecule has 197 valence electrons. The van der Waals surface area contributed by atoms with E-state index < -0.39 is 12.3 Å². The number of nitrogens with zero attached hydrogens (tertiary/aromatic N) is 7. The zero-order valence-corrected chi connectivity index (χ0v) is 22.3. The molecular formula is C33H19CuN7. The molecule has 0 fully saturated rings. The quantitative estimate of drug-likeness (QED) is 0.177. The van der Waals surface area contributed by atoms with Crippen molar-refractivity contribution in [3.05, 3.63) is 153 Å². The van der Waals surface area contributed by atoms with Crippen LogP contribution in [0.15, 0.2) is 133 Å². The van der Waals surface area contributed by atoms with Gasteiger partial charge in [-0.3, -0.25) is 20.0 Å². The molecule has 4 heterocycles. The van der Waals surface area contributed by atoms with E-state index >= 15 is 0 Å². The smallest absolute Gasteiger partial charge is 0.438 e. The van der Waals surface area contributed by atoms with Crippen LogP contribution in [0.2, 0.25) is 0 Å². The molecule has 0 aromatic heterocycles. The average Bonchev–Trinajstić information content (AvgIpc) is 3.73. The number of benzene rings is 4. The average molecular weight is 577 g/mol. The molecule has 7 nitrogen and oxygen atoms in total. The van der Waals surface area contributed by atoms with E-state index in [0.717, 1.165) is 54.9 Å². The summed E-state index contributed by atoms with van der Waals surface area (Å²) < 4.78 is 0. The minimum Gasteiger partial charge on any atom is -0.438 e. The van der Waals surface area contributed by atoms with Crippen molar-refractivity contribution in [1.82, 2.24) is 0 Å². The van der Waals surface area contributed by atoms with Crippen LogP contribution in [0.5, 0.6) is 0 Å². The minimum absolute atomic E-state index is 0. The Kier molecular flexibility index (Phi) is 5.29. The first kappa shape index (κ1) is 23.9. The molecule has 4 aliphatic heterocycles. The minimum atomic E-state index is -0.460. The van der Waals surface area contributed by atoms with E-state index in [1.807, 2.05) is 72.8 Å². The van der Waals surface area contributed by atoms with Gasteiger partial charge in [0.1, 0.15) is 0 Å². The summed E-state index contributed by atoms with van der Waals surface area (Å²) in [5, 5.41) is 8.69. The zero-order chi connectivity index (χ0) is 26.2. The third-order valence-electron chi connectivity index (χ3n) is 7.77. The standard InChI is InChI=1S/C33H19N7.Cu/c1-2-10-19-18(9-1)26-17-27(19)35-29-21-12-4-6-14-23(21)31(37-29)39-33-25-16-8-7-15-24(25)32(40-33)38-30-22-13-5-3-11-20(22)28(34-26)36-30;/h1-17,28,33H;/q-2;+2/b34-26+,35-27?,39-31-;. The molecule has 0 saturated heterocycles. The van der Waals surface area contributed by atoms with Gasteiger partial charge in [-0.05, 0) is 21.8 Å². The van der Waals surface area contributed by atoms with Crippen molar-refractivity contribution in [3.8, 4) is 0 Å². The summed E-state index contributed by atoms with van der Waals surface area (Å²) in [6, 6.07) is 34.6. The molecule has 41 heavy (non-hydrogen) atoms. The normalized spacial score (nSPS) is 21.3. The number of hydrogen-bond acceptors (Lipinski definition) is 6. The van der Waals surface area contributed by atoms with Gasteiger partial charge in [0, 0.05) is 22.3 Å². The Hall–Kier alpha value is -4.91. The molecular weight excluding hydrogens is 558 g/mol. The van der Waals surface area contributed by atoms with Crippen LogP contribution in [0.3, 0.4) is 0 Å². The Morgan fingerprint density at radius 1 is 0.512 bits per heavy atom. The molecule has 8 bridgehead atoms. The molecule has 8 heteroatoms. The van der Waals surface area contributed by atoms with Crippen molar-refractivity contribution < 1.29 is 17.1 Å². The fraction of sp³-hybridized carbons (Fsp3) is 0.0606. The van der Waals surface area contributed by atoms with Crippen LogP contribution in [-0.4, -0.2) is 23.3 Å². The molecule has 5 aromatic rings. The first-order valence-corrected chi connectivity index (χ1v) is 13.2. The summed E-state index contributed by atoms with van der Waals surface area (Å²) in [5.41, 5.74) is 5.84. The summed E-state index contributed by atoms with van der Waals surface area (Å²) in [4.78, 5) is 30.2. The fourth-order valence-electron chi connectivity index (χ4n) is 5.89. The number of rotatable bonds is 0. The Morgan fingerprint density at radius 2 is 1.12 bits per heavy atom. The van der Waals surface area contributed by atoms with Gasteiger partial charge in [0.25, 0.3) is 0 Å². The maximum Gasteiger partial charge on any atom is 2.00 e. The second-order valence-corrected chi connectivity index (χ2v) is 10.1. The molecule has 4 aliphatic rings. The van der Waals surface area contributed by atoms with Crippen LogP contribution < -0.4 is 10.7 Å². The molecule has 0 spiro atoms. The molecule has 0 saturated carbocycles. The molecule has 0 aliphatic carbocycles. The van der Waals surface area contributed by atoms with Gasteiger partial charge < -0.3 is 10.3 Å². The van der Waals surface area contributed by atoms with Crippen LogP contribution in [0.4, 0.5) is 0 Å². The predicted molar refractivity (Wildman–Crippen MR) is 156 cm³/mol. The van der Waals surface area contributed by atoms with Crippen molar-refractivity contribution in [1.29, 1.82) is 0 Å². The van der Waals surface area contributed by atoms with Crippen LogP contribution in [-0.2, 0) is 17.1 Å². The van der Waals surface area contributed by atoms with Crippen LogP contribution in [0.25, 0.3) is 16.1 Å². The number of fused-ring (bicyclic) bond motifs is 18. The third-order valence-corrected chi connectivity index (χ3v) is 7.77. The first-order valence-electron chi connectivity index (χ1n) is 13.2. The van der Waals surface area contributed by atoms with Crippen molar-refractivity contribution in [2.45, 2.75) is 12.3 Å². The van der Waals surface area contributed by atoms with Crippen molar-refractivity contribution >= 4 is 34.1 Å². The van der Waals surface area contributed by atoms with E-state index in [2.05, 4.69) is 30.3 Å². The van der Waals surface area contributed by atoms with Gasteiger partial charge in [-0.1, -0.05) is 90.8 Å². The van der Waals surface area contributed by atoms with Crippen LogP contribution >= 0.6 is 0 Å². The van der Waals surface area contributed by atoms with E-state index in [4.69, 9.17) is 35.3 Å². The fourth-order valence-corrected chi connectivity index (χ4v) is 5.89. The maximum atomic E-state index is 5.15. The summed E-state index contributed by atoms with van der Waals surface area (Å²) in [5.74, 6) is 2.50. The van der Waals surface area contributed by atoms with Gasteiger partial charge in [0.2, 0.25) is 0 Å². The van der Waals surface area contributed by atoms with Crippen molar-refractivity contribution in [2.75, 3.05) is 0 Å². The molecule has 2 atom stereocenters. The Labute approximate surface area is 245 Å². The van der Waals surface area contributed by atoms with E-state index in [9.17, 15) is 0 Å². The largest absolute Gasteiger partial charge is 2.00 e.